The Balaban J connectivity index is 2.37. The second kappa shape index (κ2) is 4.47. The van der Waals surface area contributed by atoms with Crippen LogP contribution in [0.4, 0.5) is 0 Å². The molecule has 1 aromatic heterocycles. The summed E-state index contributed by atoms with van der Waals surface area (Å²) < 4.78 is 5.20. The Labute approximate surface area is 105 Å². The first kappa shape index (κ1) is 12.1. The van der Waals surface area contributed by atoms with Gasteiger partial charge in [0.05, 0.1) is 18.3 Å². The van der Waals surface area contributed by atoms with E-state index in [9.17, 15) is 0 Å². The van der Waals surface area contributed by atoms with Crippen molar-refractivity contribution in [2.24, 2.45) is 5.73 Å². The van der Waals surface area contributed by atoms with E-state index in [0.717, 1.165) is 22.0 Å². The summed E-state index contributed by atoms with van der Waals surface area (Å²) >= 11 is 1.59. The van der Waals surface area contributed by atoms with Crippen LogP contribution in [0, 0.1) is 0 Å². The standard InChI is InChI=1S/C13H16N2OS/c1-13(2,14)12-15-11(8-17-12)9-5-4-6-10(7-9)16-3/h4-8H,14H2,1-3H3. The fraction of sp³-hybridized carbons (Fsp3) is 0.308. The summed E-state index contributed by atoms with van der Waals surface area (Å²) in [4.78, 5) is 4.57. The van der Waals surface area contributed by atoms with Crippen molar-refractivity contribution in [3.8, 4) is 17.0 Å². The van der Waals surface area contributed by atoms with Gasteiger partial charge in [0, 0.05) is 10.9 Å². The van der Waals surface area contributed by atoms with Gasteiger partial charge in [0.15, 0.2) is 0 Å². The minimum absolute atomic E-state index is 0.387. The van der Waals surface area contributed by atoms with Crippen molar-refractivity contribution < 1.29 is 4.74 Å². The molecule has 2 aromatic rings. The molecule has 2 N–H and O–H groups in total. The summed E-state index contributed by atoms with van der Waals surface area (Å²) in [6.45, 7) is 3.92. The molecular weight excluding hydrogens is 232 g/mol. The van der Waals surface area contributed by atoms with Crippen LogP contribution in [0.3, 0.4) is 0 Å². The molecule has 0 unspecified atom stereocenters. The molecule has 17 heavy (non-hydrogen) atoms. The van der Waals surface area contributed by atoms with Gasteiger partial charge in [-0.2, -0.15) is 0 Å². The first-order valence-corrected chi connectivity index (χ1v) is 6.28. The van der Waals surface area contributed by atoms with Gasteiger partial charge in [0.25, 0.3) is 0 Å². The number of rotatable bonds is 3. The molecule has 0 saturated heterocycles. The molecule has 1 aromatic carbocycles. The summed E-state index contributed by atoms with van der Waals surface area (Å²) in [6, 6.07) is 7.87. The number of aromatic nitrogens is 1. The number of hydrogen-bond acceptors (Lipinski definition) is 4. The Morgan fingerprint density at radius 2 is 2.12 bits per heavy atom. The van der Waals surface area contributed by atoms with Crippen molar-refractivity contribution in [3.63, 3.8) is 0 Å². The molecule has 4 heteroatoms. The largest absolute Gasteiger partial charge is 0.497 e. The molecular formula is C13H16N2OS. The van der Waals surface area contributed by atoms with Gasteiger partial charge in [-0.15, -0.1) is 11.3 Å². The van der Waals surface area contributed by atoms with E-state index >= 15 is 0 Å². The van der Waals surface area contributed by atoms with E-state index in [1.807, 2.05) is 43.5 Å². The van der Waals surface area contributed by atoms with Crippen LogP contribution in [0.5, 0.6) is 5.75 Å². The lowest BCUT2D eigenvalue weighted by Crippen LogP contribution is -2.28. The Hall–Kier alpha value is -1.39. The molecule has 0 fully saturated rings. The van der Waals surface area contributed by atoms with E-state index < -0.39 is 0 Å². The summed E-state index contributed by atoms with van der Waals surface area (Å²) in [7, 11) is 1.66. The summed E-state index contributed by atoms with van der Waals surface area (Å²) in [5.74, 6) is 0.837. The van der Waals surface area contributed by atoms with Crippen molar-refractivity contribution in [1.82, 2.24) is 4.98 Å². The zero-order valence-electron chi connectivity index (χ0n) is 10.2. The van der Waals surface area contributed by atoms with Crippen molar-refractivity contribution in [1.29, 1.82) is 0 Å². The van der Waals surface area contributed by atoms with Crippen LogP contribution in [0.15, 0.2) is 29.6 Å². The number of benzene rings is 1. The van der Waals surface area contributed by atoms with Crippen molar-refractivity contribution in [2.45, 2.75) is 19.4 Å². The monoisotopic (exact) mass is 248 g/mol. The number of nitrogens with zero attached hydrogens (tertiary/aromatic N) is 1. The van der Waals surface area contributed by atoms with Crippen molar-refractivity contribution >= 4 is 11.3 Å². The Kier molecular flexibility index (Phi) is 3.17. The van der Waals surface area contributed by atoms with Gasteiger partial charge >= 0.3 is 0 Å². The third kappa shape index (κ3) is 2.65. The number of thiazole rings is 1. The van der Waals surface area contributed by atoms with Gasteiger partial charge in [-0.3, -0.25) is 0 Å². The van der Waals surface area contributed by atoms with E-state index in [-0.39, 0.29) is 5.54 Å². The first-order valence-electron chi connectivity index (χ1n) is 5.40. The van der Waals surface area contributed by atoms with E-state index in [4.69, 9.17) is 10.5 Å². The van der Waals surface area contributed by atoms with E-state index in [1.54, 1.807) is 18.4 Å². The van der Waals surface area contributed by atoms with Crippen molar-refractivity contribution in [2.75, 3.05) is 7.11 Å². The Morgan fingerprint density at radius 1 is 1.35 bits per heavy atom. The van der Waals surface area contributed by atoms with E-state index in [1.165, 1.54) is 0 Å². The molecule has 2 rings (SSSR count). The maximum atomic E-state index is 6.03. The average Bonchev–Trinajstić information content (AvgIpc) is 2.78. The van der Waals surface area contributed by atoms with Crippen molar-refractivity contribution in [3.05, 3.63) is 34.7 Å². The van der Waals surface area contributed by atoms with E-state index in [0.29, 0.717) is 0 Å². The quantitative estimate of drug-likeness (QED) is 0.908. The smallest absolute Gasteiger partial charge is 0.119 e. The molecule has 0 spiro atoms. The molecule has 0 radical (unpaired) electrons. The third-order valence-electron chi connectivity index (χ3n) is 2.42. The second-order valence-corrected chi connectivity index (χ2v) is 5.35. The van der Waals surface area contributed by atoms with Crippen LogP contribution >= 0.6 is 11.3 Å². The van der Waals surface area contributed by atoms with Gasteiger partial charge < -0.3 is 10.5 Å². The van der Waals surface area contributed by atoms with Crippen LogP contribution in [-0.2, 0) is 5.54 Å². The molecule has 1 heterocycles. The number of nitrogens with two attached hydrogens (primary N) is 1. The first-order chi connectivity index (χ1) is 8.00. The molecule has 0 aliphatic heterocycles. The molecule has 0 amide bonds. The van der Waals surface area contributed by atoms with Crippen LogP contribution in [0.2, 0.25) is 0 Å². The third-order valence-corrected chi connectivity index (χ3v) is 3.60. The fourth-order valence-electron chi connectivity index (χ4n) is 1.48. The Morgan fingerprint density at radius 3 is 2.71 bits per heavy atom. The zero-order chi connectivity index (χ0) is 12.5. The maximum absolute atomic E-state index is 6.03. The predicted molar refractivity (Wildman–Crippen MR) is 71.3 cm³/mol. The van der Waals surface area contributed by atoms with Crippen LogP contribution in [0.25, 0.3) is 11.3 Å². The molecule has 0 aliphatic carbocycles. The van der Waals surface area contributed by atoms with Gasteiger partial charge in [-0.25, -0.2) is 4.98 Å². The Bertz CT molecular complexity index is 514. The highest BCUT2D eigenvalue weighted by Crippen LogP contribution is 2.28. The highest BCUT2D eigenvalue weighted by molar-refractivity contribution is 7.10. The van der Waals surface area contributed by atoms with E-state index in [2.05, 4.69) is 4.98 Å². The van der Waals surface area contributed by atoms with Gasteiger partial charge in [-0.1, -0.05) is 12.1 Å². The van der Waals surface area contributed by atoms with Gasteiger partial charge in [0.1, 0.15) is 10.8 Å². The van der Waals surface area contributed by atoms with Crippen LogP contribution < -0.4 is 10.5 Å². The SMILES string of the molecule is COc1cccc(-c2csc(C(C)(C)N)n2)c1. The van der Waals surface area contributed by atoms with Gasteiger partial charge in [-0.05, 0) is 26.0 Å². The number of methoxy groups -OCH3 is 1. The molecule has 0 aliphatic rings. The normalized spacial score (nSPS) is 11.5. The summed E-state index contributed by atoms with van der Waals surface area (Å²) in [5, 5.41) is 2.97. The molecule has 0 saturated carbocycles. The minimum Gasteiger partial charge on any atom is -0.497 e. The molecule has 0 bridgehead atoms. The van der Waals surface area contributed by atoms with Crippen LogP contribution in [-0.4, -0.2) is 12.1 Å². The lowest BCUT2D eigenvalue weighted by molar-refractivity contribution is 0.415. The molecule has 3 nitrogen and oxygen atoms in total. The highest BCUT2D eigenvalue weighted by atomic mass is 32.1. The topological polar surface area (TPSA) is 48.1 Å². The van der Waals surface area contributed by atoms with Crippen LogP contribution in [0.1, 0.15) is 18.9 Å². The fourth-order valence-corrected chi connectivity index (χ4v) is 2.35. The summed E-state index contributed by atoms with van der Waals surface area (Å²) in [5.41, 5.74) is 7.64. The lowest BCUT2D eigenvalue weighted by Gasteiger charge is -2.13. The maximum Gasteiger partial charge on any atom is 0.119 e. The number of ether oxygens (including phenoxy) is 1. The average molecular weight is 248 g/mol. The minimum atomic E-state index is -0.387. The zero-order valence-corrected chi connectivity index (χ0v) is 11.0. The highest BCUT2D eigenvalue weighted by Gasteiger charge is 2.18. The molecule has 0 atom stereocenters. The number of hydrogen-bond donors (Lipinski definition) is 1. The second-order valence-electron chi connectivity index (χ2n) is 4.49. The van der Waals surface area contributed by atoms with Gasteiger partial charge in [0.2, 0.25) is 0 Å². The predicted octanol–water partition coefficient (Wildman–Crippen LogP) is 3.01. The lowest BCUT2D eigenvalue weighted by atomic mass is 10.1. The summed E-state index contributed by atoms with van der Waals surface area (Å²) in [6.07, 6.45) is 0. The molecule has 90 valence electrons.